The van der Waals surface area contributed by atoms with E-state index in [2.05, 4.69) is 17.3 Å². The minimum absolute atomic E-state index is 0.193. The molecular weight excluding hydrogens is 190 g/mol. The summed E-state index contributed by atoms with van der Waals surface area (Å²) in [5, 5.41) is 3.37. The Kier molecular flexibility index (Phi) is 4.54. The predicted octanol–water partition coefficient (Wildman–Crippen LogP) is 0.180. The van der Waals surface area contributed by atoms with Crippen molar-refractivity contribution in [3.8, 4) is 0 Å². The van der Waals surface area contributed by atoms with Crippen LogP contribution in [0.5, 0.6) is 0 Å². The molecule has 1 amide bonds. The molecule has 1 saturated heterocycles. The van der Waals surface area contributed by atoms with Gasteiger partial charge in [-0.15, -0.1) is 0 Å². The van der Waals surface area contributed by atoms with Gasteiger partial charge in [-0.25, -0.2) is 0 Å². The van der Waals surface area contributed by atoms with Crippen molar-refractivity contribution in [1.82, 2.24) is 10.2 Å². The lowest BCUT2D eigenvalue weighted by Crippen LogP contribution is -2.54. The minimum Gasteiger partial charge on any atom is -0.368 e. The normalized spacial score (nSPS) is 25.5. The number of carbonyl (C=O) groups excluding carboxylic acids is 1. The summed E-state index contributed by atoms with van der Waals surface area (Å²) < 4.78 is 0. The van der Waals surface area contributed by atoms with Gasteiger partial charge in [-0.3, -0.25) is 4.79 Å². The highest BCUT2D eigenvalue weighted by atomic mass is 16.1. The van der Waals surface area contributed by atoms with E-state index in [4.69, 9.17) is 5.73 Å². The lowest BCUT2D eigenvalue weighted by atomic mass is 9.99. The fourth-order valence-corrected chi connectivity index (χ4v) is 2.16. The van der Waals surface area contributed by atoms with Crippen LogP contribution >= 0.6 is 0 Å². The van der Waals surface area contributed by atoms with E-state index in [1.807, 2.05) is 13.8 Å². The molecule has 0 aromatic carbocycles. The van der Waals surface area contributed by atoms with Gasteiger partial charge in [-0.05, 0) is 32.4 Å². The molecule has 0 aromatic rings. The van der Waals surface area contributed by atoms with Crippen molar-refractivity contribution < 1.29 is 4.79 Å². The first kappa shape index (κ1) is 12.5. The van der Waals surface area contributed by atoms with Crippen LogP contribution < -0.4 is 11.1 Å². The Hall–Kier alpha value is -0.610. The Labute approximate surface area is 92.2 Å². The molecule has 1 aliphatic heterocycles. The number of hydrogen-bond acceptors (Lipinski definition) is 3. The Morgan fingerprint density at radius 1 is 1.53 bits per heavy atom. The van der Waals surface area contributed by atoms with Crippen LogP contribution in [0.25, 0.3) is 0 Å². The summed E-state index contributed by atoms with van der Waals surface area (Å²) >= 11 is 0. The first-order valence-electron chi connectivity index (χ1n) is 5.74. The van der Waals surface area contributed by atoms with Gasteiger partial charge in [0.1, 0.15) is 0 Å². The molecule has 15 heavy (non-hydrogen) atoms. The number of nitrogens with one attached hydrogen (secondary N) is 1. The van der Waals surface area contributed by atoms with Gasteiger partial charge in [-0.2, -0.15) is 0 Å². The standard InChI is InChI=1S/C11H23N3O/c1-8(2)10(11(12)15)13-9-5-4-6-14(3)7-9/h8-10,13H,4-7H2,1-3H3,(H2,12,15). The number of nitrogens with two attached hydrogens (primary N) is 1. The van der Waals surface area contributed by atoms with Crippen molar-refractivity contribution in [3.63, 3.8) is 0 Å². The molecule has 88 valence electrons. The fourth-order valence-electron chi connectivity index (χ4n) is 2.16. The van der Waals surface area contributed by atoms with Crippen molar-refractivity contribution in [2.24, 2.45) is 11.7 Å². The topological polar surface area (TPSA) is 58.4 Å². The van der Waals surface area contributed by atoms with E-state index in [1.165, 1.54) is 6.42 Å². The second kappa shape index (κ2) is 5.47. The molecule has 1 aliphatic rings. The Bertz CT molecular complexity index is 218. The molecule has 3 N–H and O–H groups in total. The van der Waals surface area contributed by atoms with E-state index in [-0.39, 0.29) is 17.9 Å². The zero-order valence-corrected chi connectivity index (χ0v) is 9.99. The number of hydrogen-bond donors (Lipinski definition) is 2. The molecule has 1 rings (SSSR count). The summed E-state index contributed by atoms with van der Waals surface area (Å²) in [5.74, 6) is 0.0213. The first-order chi connectivity index (χ1) is 7.00. The third-order valence-corrected chi connectivity index (χ3v) is 3.01. The number of primary amides is 1. The van der Waals surface area contributed by atoms with Crippen LogP contribution in [0.15, 0.2) is 0 Å². The van der Waals surface area contributed by atoms with Crippen LogP contribution in [-0.2, 0) is 4.79 Å². The average molecular weight is 213 g/mol. The Morgan fingerprint density at radius 2 is 2.20 bits per heavy atom. The number of rotatable bonds is 4. The number of likely N-dealkylation sites (tertiary alicyclic amines) is 1. The Morgan fingerprint density at radius 3 is 2.67 bits per heavy atom. The lowest BCUT2D eigenvalue weighted by molar-refractivity contribution is -0.121. The van der Waals surface area contributed by atoms with E-state index >= 15 is 0 Å². The molecule has 0 spiro atoms. The predicted molar refractivity (Wildman–Crippen MR) is 61.5 cm³/mol. The number of amides is 1. The van der Waals surface area contributed by atoms with Gasteiger partial charge in [0.25, 0.3) is 0 Å². The first-order valence-corrected chi connectivity index (χ1v) is 5.74. The van der Waals surface area contributed by atoms with Crippen molar-refractivity contribution in [2.75, 3.05) is 20.1 Å². The molecular formula is C11H23N3O. The van der Waals surface area contributed by atoms with Crippen LogP contribution in [0, 0.1) is 5.92 Å². The van der Waals surface area contributed by atoms with Gasteiger partial charge >= 0.3 is 0 Å². The third kappa shape index (κ3) is 3.80. The van der Waals surface area contributed by atoms with E-state index in [0.29, 0.717) is 6.04 Å². The zero-order chi connectivity index (χ0) is 11.4. The monoisotopic (exact) mass is 213 g/mol. The van der Waals surface area contributed by atoms with Crippen molar-refractivity contribution in [1.29, 1.82) is 0 Å². The summed E-state index contributed by atoms with van der Waals surface area (Å²) in [6, 6.07) is 0.213. The SMILES string of the molecule is CC(C)C(NC1CCCN(C)C1)C(N)=O. The minimum atomic E-state index is -0.238. The van der Waals surface area contributed by atoms with Gasteiger partial charge in [-0.1, -0.05) is 13.8 Å². The van der Waals surface area contributed by atoms with Crippen molar-refractivity contribution in [2.45, 2.75) is 38.8 Å². The number of piperidine rings is 1. The summed E-state index contributed by atoms with van der Waals surface area (Å²) in [5.41, 5.74) is 5.37. The van der Waals surface area contributed by atoms with Crippen LogP contribution in [0.2, 0.25) is 0 Å². The van der Waals surface area contributed by atoms with Crippen molar-refractivity contribution >= 4 is 5.91 Å². The molecule has 0 aliphatic carbocycles. The highest BCUT2D eigenvalue weighted by molar-refractivity contribution is 5.80. The van der Waals surface area contributed by atoms with E-state index in [9.17, 15) is 4.79 Å². The number of nitrogens with zero attached hydrogens (tertiary/aromatic N) is 1. The smallest absolute Gasteiger partial charge is 0.234 e. The van der Waals surface area contributed by atoms with E-state index < -0.39 is 0 Å². The second-order valence-electron chi connectivity index (χ2n) is 4.89. The maximum absolute atomic E-state index is 11.2. The lowest BCUT2D eigenvalue weighted by Gasteiger charge is -2.33. The van der Waals surface area contributed by atoms with Gasteiger partial charge < -0.3 is 16.0 Å². The molecule has 0 radical (unpaired) electrons. The summed E-state index contributed by atoms with van der Waals surface area (Å²) in [7, 11) is 2.11. The maximum Gasteiger partial charge on any atom is 0.234 e. The summed E-state index contributed by atoms with van der Waals surface area (Å²) in [4.78, 5) is 13.5. The molecule has 0 bridgehead atoms. The molecule has 0 saturated carbocycles. The third-order valence-electron chi connectivity index (χ3n) is 3.01. The quantitative estimate of drug-likeness (QED) is 0.700. The average Bonchev–Trinajstić information content (AvgIpc) is 2.13. The van der Waals surface area contributed by atoms with Gasteiger partial charge in [0, 0.05) is 12.6 Å². The van der Waals surface area contributed by atoms with Crippen molar-refractivity contribution in [3.05, 3.63) is 0 Å². The molecule has 4 nitrogen and oxygen atoms in total. The van der Waals surface area contributed by atoms with E-state index in [1.54, 1.807) is 0 Å². The van der Waals surface area contributed by atoms with E-state index in [0.717, 1.165) is 19.5 Å². The molecule has 2 atom stereocenters. The largest absolute Gasteiger partial charge is 0.368 e. The second-order valence-corrected chi connectivity index (χ2v) is 4.89. The van der Waals surface area contributed by atoms with Crippen LogP contribution in [0.3, 0.4) is 0 Å². The summed E-state index contributed by atoms with van der Waals surface area (Å²) in [6.45, 7) is 6.21. The van der Waals surface area contributed by atoms with Gasteiger partial charge in [0.2, 0.25) is 5.91 Å². The van der Waals surface area contributed by atoms with Gasteiger partial charge in [0.05, 0.1) is 6.04 Å². The highest BCUT2D eigenvalue weighted by Gasteiger charge is 2.25. The Balaban J connectivity index is 2.46. The molecule has 1 fully saturated rings. The molecule has 0 aromatic heterocycles. The number of likely N-dealkylation sites (N-methyl/N-ethyl adjacent to an activating group) is 1. The number of carbonyl (C=O) groups is 1. The van der Waals surface area contributed by atoms with Crippen LogP contribution in [0.4, 0.5) is 0 Å². The maximum atomic E-state index is 11.2. The fraction of sp³-hybridized carbons (Fsp3) is 0.909. The van der Waals surface area contributed by atoms with Crippen LogP contribution in [0.1, 0.15) is 26.7 Å². The van der Waals surface area contributed by atoms with Gasteiger partial charge in [0.15, 0.2) is 0 Å². The summed E-state index contributed by atoms with van der Waals surface area (Å²) in [6.07, 6.45) is 2.33. The highest BCUT2D eigenvalue weighted by Crippen LogP contribution is 2.11. The van der Waals surface area contributed by atoms with Crippen LogP contribution in [-0.4, -0.2) is 43.0 Å². The molecule has 2 unspecified atom stereocenters. The molecule has 4 heteroatoms. The zero-order valence-electron chi connectivity index (χ0n) is 9.99. The molecule has 1 heterocycles.